The van der Waals surface area contributed by atoms with E-state index in [2.05, 4.69) is 6.92 Å². The third kappa shape index (κ3) is 1.63. The summed E-state index contributed by atoms with van der Waals surface area (Å²) in [6, 6.07) is 7.83. The van der Waals surface area contributed by atoms with E-state index in [1.807, 2.05) is 30.3 Å². The molecule has 1 spiro atoms. The topological polar surface area (TPSA) is 66.8 Å². The van der Waals surface area contributed by atoms with Gasteiger partial charge in [0.15, 0.2) is 0 Å². The van der Waals surface area contributed by atoms with Crippen LogP contribution in [0.25, 0.3) is 0 Å². The summed E-state index contributed by atoms with van der Waals surface area (Å²) in [4.78, 5) is 26.0. The summed E-state index contributed by atoms with van der Waals surface area (Å²) in [5.41, 5.74) is 1.23. The number of rotatable bonds is 3. The number of anilines is 1. The van der Waals surface area contributed by atoms with Crippen LogP contribution in [0.2, 0.25) is 0 Å². The molecule has 5 nitrogen and oxygen atoms in total. The molecule has 2 fully saturated rings. The van der Waals surface area contributed by atoms with E-state index in [1.54, 1.807) is 11.0 Å². The number of carbonyl (C=O) groups is 2. The second kappa shape index (κ2) is 4.43. The second-order valence-corrected chi connectivity index (χ2v) is 6.18. The summed E-state index contributed by atoms with van der Waals surface area (Å²) in [5.74, 6) is -2.51. The van der Waals surface area contributed by atoms with Crippen LogP contribution in [0.1, 0.15) is 12.5 Å². The first-order chi connectivity index (χ1) is 10.6. The van der Waals surface area contributed by atoms with E-state index in [0.717, 1.165) is 12.1 Å². The fraction of sp³-hybridized carbons (Fsp3) is 0.412. The van der Waals surface area contributed by atoms with Crippen LogP contribution in [-0.2, 0) is 20.7 Å². The van der Waals surface area contributed by atoms with Gasteiger partial charge in [-0.05, 0) is 24.1 Å². The summed E-state index contributed by atoms with van der Waals surface area (Å²) in [7, 11) is 0. The number of carbonyl (C=O) groups excluding carboxylic acids is 1. The van der Waals surface area contributed by atoms with Crippen molar-refractivity contribution in [1.29, 1.82) is 0 Å². The first-order valence-corrected chi connectivity index (χ1v) is 7.56. The number of hydrogen-bond donors (Lipinski definition) is 1. The van der Waals surface area contributed by atoms with Gasteiger partial charge in [-0.25, -0.2) is 0 Å². The van der Waals surface area contributed by atoms with Gasteiger partial charge in [0, 0.05) is 5.69 Å². The number of aliphatic carboxylic acids is 1. The largest absolute Gasteiger partial charge is 0.481 e. The molecule has 3 aliphatic heterocycles. The maximum absolute atomic E-state index is 12.8. The molecule has 3 aliphatic rings. The van der Waals surface area contributed by atoms with Crippen LogP contribution in [-0.4, -0.2) is 35.2 Å². The van der Waals surface area contributed by atoms with Crippen molar-refractivity contribution in [2.75, 3.05) is 11.4 Å². The Morgan fingerprint density at radius 2 is 2.14 bits per heavy atom. The summed E-state index contributed by atoms with van der Waals surface area (Å²) >= 11 is 0. The molecule has 1 N–H and O–H groups in total. The smallest absolute Gasteiger partial charge is 0.310 e. The lowest BCUT2D eigenvalue weighted by atomic mass is 9.77. The normalized spacial score (nSPS) is 35.2. The van der Waals surface area contributed by atoms with Crippen LogP contribution in [0.4, 0.5) is 5.69 Å². The number of hydrogen-bond acceptors (Lipinski definition) is 3. The lowest BCUT2D eigenvalue weighted by Crippen LogP contribution is -2.39. The molecule has 3 heterocycles. The summed E-state index contributed by atoms with van der Waals surface area (Å²) in [6.07, 6.45) is 4.12. The highest BCUT2D eigenvalue weighted by Crippen LogP contribution is 2.52. The van der Waals surface area contributed by atoms with Gasteiger partial charge in [0.05, 0.1) is 18.6 Å². The summed E-state index contributed by atoms with van der Waals surface area (Å²) in [5, 5.41) is 9.44. The van der Waals surface area contributed by atoms with E-state index in [0.29, 0.717) is 6.54 Å². The van der Waals surface area contributed by atoms with E-state index >= 15 is 0 Å². The zero-order valence-corrected chi connectivity index (χ0v) is 12.2. The fourth-order valence-electron chi connectivity index (χ4n) is 3.91. The van der Waals surface area contributed by atoms with Crippen molar-refractivity contribution in [3.05, 3.63) is 42.0 Å². The minimum Gasteiger partial charge on any atom is -0.481 e. The van der Waals surface area contributed by atoms with Crippen LogP contribution >= 0.6 is 0 Å². The van der Waals surface area contributed by atoms with E-state index in [-0.39, 0.29) is 5.91 Å². The van der Waals surface area contributed by atoms with Crippen molar-refractivity contribution in [2.24, 2.45) is 11.8 Å². The molecule has 4 rings (SSSR count). The number of ether oxygens (including phenoxy) is 1. The van der Waals surface area contributed by atoms with E-state index in [4.69, 9.17) is 4.74 Å². The van der Waals surface area contributed by atoms with Crippen molar-refractivity contribution >= 4 is 17.6 Å². The molecule has 2 bridgehead atoms. The molecular weight excluding hydrogens is 282 g/mol. The van der Waals surface area contributed by atoms with Gasteiger partial charge in [-0.1, -0.05) is 31.2 Å². The number of nitrogens with zero attached hydrogens (tertiary/aromatic N) is 1. The van der Waals surface area contributed by atoms with E-state index in [1.165, 1.54) is 5.56 Å². The SMILES string of the molecule is CCc1ccc(N2C[C@]34C=C[C@H](O3)[C@@H](C(=O)O)[C@@H]4C2=O)cc1. The van der Waals surface area contributed by atoms with Gasteiger partial charge in [0.2, 0.25) is 5.91 Å². The molecule has 2 saturated heterocycles. The molecule has 1 amide bonds. The van der Waals surface area contributed by atoms with Crippen molar-refractivity contribution < 1.29 is 19.4 Å². The molecule has 1 aromatic rings. The van der Waals surface area contributed by atoms with Gasteiger partial charge in [-0.2, -0.15) is 0 Å². The molecule has 114 valence electrons. The third-order valence-corrected chi connectivity index (χ3v) is 5.04. The van der Waals surface area contributed by atoms with E-state index in [9.17, 15) is 14.7 Å². The van der Waals surface area contributed by atoms with Crippen molar-refractivity contribution in [2.45, 2.75) is 25.0 Å². The Morgan fingerprint density at radius 1 is 1.41 bits per heavy atom. The Bertz CT molecular complexity index is 680. The van der Waals surface area contributed by atoms with Gasteiger partial charge < -0.3 is 14.7 Å². The van der Waals surface area contributed by atoms with Crippen LogP contribution in [0.15, 0.2) is 36.4 Å². The van der Waals surface area contributed by atoms with Crippen molar-refractivity contribution in [3.8, 4) is 0 Å². The molecule has 4 atom stereocenters. The Morgan fingerprint density at radius 3 is 2.77 bits per heavy atom. The lowest BCUT2D eigenvalue weighted by Gasteiger charge is -2.21. The second-order valence-electron chi connectivity index (χ2n) is 6.18. The summed E-state index contributed by atoms with van der Waals surface area (Å²) in [6.45, 7) is 2.47. The standard InChI is InChI=1S/C17H17NO4/c1-2-10-3-5-11(6-4-10)18-9-17-8-7-12(22-17)13(16(20)21)14(17)15(18)19/h3-8,12-14H,2,9H2,1H3,(H,20,21)/t12-,13+,14+,17-/m0/s1. The molecule has 0 saturated carbocycles. The molecule has 0 aliphatic carbocycles. The van der Waals surface area contributed by atoms with Gasteiger partial charge in [0.1, 0.15) is 11.5 Å². The number of aryl methyl sites for hydroxylation is 1. The fourth-order valence-corrected chi connectivity index (χ4v) is 3.91. The monoisotopic (exact) mass is 299 g/mol. The van der Waals surface area contributed by atoms with Crippen LogP contribution in [0, 0.1) is 11.8 Å². The number of carboxylic acids is 1. The Hall–Kier alpha value is -2.14. The van der Waals surface area contributed by atoms with Crippen LogP contribution in [0.3, 0.4) is 0 Å². The van der Waals surface area contributed by atoms with Crippen molar-refractivity contribution in [3.63, 3.8) is 0 Å². The highest BCUT2D eigenvalue weighted by molar-refractivity contribution is 6.02. The van der Waals surface area contributed by atoms with Crippen LogP contribution in [0.5, 0.6) is 0 Å². The molecule has 0 radical (unpaired) electrons. The quantitative estimate of drug-likeness (QED) is 0.861. The zero-order valence-electron chi connectivity index (χ0n) is 12.2. The first-order valence-electron chi connectivity index (χ1n) is 7.56. The molecule has 1 aromatic carbocycles. The average molecular weight is 299 g/mol. The average Bonchev–Trinajstić information content (AvgIpc) is 3.15. The maximum atomic E-state index is 12.8. The Balaban J connectivity index is 1.70. The zero-order chi connectivity index (χ0) is 15.5. The predicted octanol–water partition coefficient (Wildman–Crippen LogP) is 1.62. The van der Waals surface area contributed by atoms with Gasteiger partial charge >= 0.3 is 5.97 Å². The molecule has 0 unspecified atom stereocenters. The molecule has 5 heteroatoms. The van der Waals surface area contributed by atoms with Crippen LogP contribution < -0.4 is 4.90 Å². The number of amides is 1. The van der Waals surface area contributed by atoms with Gasteiger partial charge in [0.25, 0.3) is 0 Å². The molecular formula is C17H17NO4. The predicted molar refractivity (Wildman–Crippen MR) is 79.5 cm³/mol. The van der Waals surface area contributed by atoms with E-state index < -0.39 is 29.5 Å². The third-order valence-electron chi connectivity index (χ3n) is 5.04. The first kappa shape index (κ1) is 13.5. The highest BCUT2D eigenvalue weighted by atomic mass is 16.5. The molecule has 22 heavy (non-hydrogen) atoms. The minimum absolute atomic E-state index is 0.150. The van der Waals surface area contributed by atoms with Crippen molar-refractivity contribution in [1.82, 2.24) is 0 Å². The number of benzene rings is 1. The highest BCUT2D eigenvalue weighted by Gasteiger charge is 2.67. The van der Waals surface area contributed by atoms with Gasteiger partial charge in [-0.3, -0.25) is 9.59 Å². The molecule has 0 aromatic heterocycles. The summed E-state index contributed by atoms with van der Waals surface area (Å²) < 4.78 is 5.87. The van der Waals surface area contributed by atoms with Gasteiger partial charge in [-0.15, -0.1) is 0 Å². The lowest BCUT2D eigenvalue weighted by molar-refractivity contribution is -0.146. The number of carboxylic acid groups (broad SMARTS) is 1. The number of fused-ring (bicyclic) bond motifs is 1. The Kier molecular flexibility index (Phi) is 2.72. The maximum Gasteiger partial charge on any atom is 0.310 e. The minimum atomic E-state index is -0.960. The Labute approximate surface area is 128 Å².